The van der Waals surface area contributed by atoms with Crippen molar-refractivity contribution < 1.29 is 9.59 Å². The van der Waals surface area contributed by atoms with E-state index in [-0.39, 0.29) is 6.23 Å². The first-order valence-corrected chi connectivity index (χ1v) is 5.20. The fourth-order valence-electron chi connectivity index (χ4n) is 4.14. The summed E-state index contributed by atoms with van der Waals surface area (Å²) in [4.78, 5) is 0. The van der Waals surface area contributed by atoms with E-state index in [4.69, 9.17) is 0 Å². The lowest BCUT2D eigenvalue weighted by Gasteiger charge is -2.58. The summed E-state index contributed by atoms with van der Waals surface area (Å²) in [6, 6.07) is 0. The molecule has 0 aromatic heterocycles. The second kappa shape index (κ2) is 2.05. The number of hydrogen-bond acceptors (Lipinski definition) is 1. The van der Waals surface area contributed by atoms with Gasteiger partial charge in [-0.05, 0) is 19.3 Å². The summed E-state index contributed by atoms with van der Waals surface area (Å²) in [5, 5.41) is 10.1. The van der Waals surface area contributed by atoms with Crippen LogP contribution >= 0.6 is 0 Å². The van der Waals surface area contributed by atoms with Gasteiger partial charge in [-0.3, -0.25) is 0 Å². The predicted octanol–water partition coefficient (Wildman–Crippen LogP) is 0.811. The van der Waals surface area contributed by atoms with E-state index in [0.29, 0.717) is 5.92 Å². The normalized spacial score (nSPS) is 62.5. The van der Waals surface area contributed by atoms with Gasteiger partial charge in [-0.1, -0.05) is 0 Å². The van der Waals surface area contributed by atoms with Gasteiger partial charge in [0, 0.05) is 17.8 Å². The minimum Gasteiger partial charge on any atom is -0.345 e. The topological polar surface area (TPSA) is 20.2 Å². The van der Waals surface area contributed by atoms with E-state index in [9.17, 15) is 5.11 Å². The first-order chi connectivity index (χ1) is 5.67. The molecular weight excluding hydrogens is 150 g/mol. The summed E-state index contributed by atoms with van der Waals surface area (Å²) in [6.07, 6.45) is 4.05. The molecule has 0 amide bonds. The van der Waals surface area contributed by atoms with Gasteiger partial charge >= 0.3 is 0 Å². The van der Waals surface area contributed by atoms with Gasteiger partial charge in [-0.25, -0.2) is 0 Å². The SMILES string of the molecule is C[N+]12C[C@@H]3CC(C[C@@H](C3)C1)C2O. The molecule has 4 bridgehead atoms. The molecule has 1 saturated carbocycles. The molecule has 5 atom stereocenters. The van der Waals surface area contributed by atoms with Crippen LogP contribution in [0.4, 0.5) is 0 Å². The molecule has 3 aliphatic heterocycles. The Labute approximate surface area is 73.8 Å². The van der Waals surface area contributed by atoms with Crippen LogP contribution in [0.5, 0.6) is 0 Å². The first-order valence-electron chi connectivity index (χ1n) is 5.20. The van der Waals surface area contributed by atoms with Crippen LogP contribution in [-0.4, -0.2) is 36.0 Å². The Kier molecular flexibility index (Phi) is 1.25. The maximum absolute atomic E-state index is 10.1. The van der Waals surface area contributed by atoms with Crippen LogP contribution in [0.2, 0.25) is 0 Å². The van der Waals surface area contributed by atoms with Crippen LogP contribution in [0.15, 0.2) is 0 Å². The van der Waals surface area contributed by atoms with Crippen molar-refractivity contribution in [3.8, 4) is 0 Å². The third-order valence-corrected chi connectivity index (χ3v) is 4.35. The summed E-state index contributed by atoms with van der Waals surface area (Å²) in [5.74, 6) is 2.52. The van der Waals surface area contributed by atoms with Crippen LogP contribution in [0, 0.1) is 17.8 Å². The van der Waals surface area contributed by atoms with E-state index >= 15 is 0 Å². The molecule has 2 nitrogen and oxygen atoms in total. The standard InChI is InChI=1S/C10H18NO/c1-11-5-7-2-8(6-11)4-9(3-7)10(11)12/h7-10,12H,2-6H2,1H3/q+1/t7-,8+,9?,10?,11?. The highest BCUT2D eigenvalue weighted by molar-refractivity contribution is 4.88. The molecular formula is C10H18NO+. The Balaban J connectivity index is 1.97. The maximum Gasteiger partial charge on any atom is 0.193 e. The summed E-state index contributed by atoms with van der Waals surface area (Å²) >= 11 is 0. The summed E-state index contributed by atoms with van der Waals surface area (Å²) < 4.78 is 0.972. The number of hydrogen-bond donors (Lipinski definition) is 1. The second-order valence-electron chi connectivity index (χ2n) is 5.46. The van der Waals surface area contributed by atoms with Gasteiger partial charge in [0.1, 0.15) is 0 Å². The van der Waals surface area contributed by atoms with Gasteiger partial charge in [-0.15, -0.1) is 0 Å². The van der Waals surface area contributed by atoms with Crippen molar-refractivity contribution in [2.45, 2.75) is 25.5 Å². The summed E-state index contributed by atoms with van der Waals surface area (Å²) in [7, 11) is 2.25. The minimum atomic E-state index is -0.0298. The molecule has 4 aliphatic rings. The van der Waals surface area contributed by atoms with E-state index in [1.807, 2.05) is 0 Å². The molecule has 4 rings (SSSR count). The average Bonchev–Trinajstić information content (AvgIpc) is 1.98. The Morgan fingerprint density at radius 3 is 2.17 bits per heavy atom. The van der Waals surface area contributed by atoms with Gasteiger partial charge in [0.05, 0.1) is 20.1 Å². The van der Waals surface area contributed by atoms with Gasteiger partial charge in [0.25, 0.3) is 0 Å². The zero-order chi connectivity index (χ0) is 8.34. The quantitative estimate of drug-likeness (QED) is 0.531. The monoisotopic (exact) mass is 168 g/mol. The Hall–Kier alpha value is -0.0800. The van der Waals surface area contributed by atoms with Gasteiger partial charge in [0.2, 0.25) is 0 Å². The fraction of sp³-hybridized carbons (Fsp3) is 1.00. The van der Waals surface area contributed by atoms with Crippen molar-refractivity contribution in [1.29, 1.82) is 0 Å². The summed E-state index contributed by atoms with van der Waals surface area (Å²) in [5.41, 5.74) is 0. The highest BCUT2D eigenvalue weighted by Gasteiger charge is 2.54. The van der Waals surface area contributed by atoms with E-state index < -0.39 is 0 Å². The van der Waals surface area contributed by atoms with Crippen LogP contribution in [0.3, 0.4) is 0 Å². The summed E-state index contributed by atoms with van der Waals surface area (Å²) in [6.45, 7) is 2.49. The average molecular weight is 168 g/mol. The lowest BCUT2D eigenvalue weighted by Crippen LogP contribution is -2.69. The lowest BCUT2D eigenvalue weighted by molar-refractivity contribution is -0.981. The Bertz CT molecular complexity index is 202. The van der Waals surface area contributed by atoms with Crippen LogP contribution in [0.25, 0.3) is 0 Å². The van der Waals surface area contributed by atoms with Crippen molar-refractivity contribution in [2.24, 2.45) is 17.8 Å². The lowest BCUT2D eigenvalue weighted by atomic mass is 9.66. The molecule has 3 unspecified atom stereocenters. The predicted molar refractivity (Wildman–Crippen MR) is 46.2 cm³/mol. The zero-order valence-electron chi connectivity index (χ0n) is 7.74. The third kappa shape index (κ3) is 0.775. The number of quaternary nitrogens is 1. The van der Waals surface area contributed by atoms with Gasteiger partial charge in [0.15, 0.2) is 6.23 Å². The largest absolute Gasteiger partial charge is 0.345 e. The highest BCUT2D eigenvalue weighted by atomic mass is 16.3. The molecule has 3 heterocycles. The number of aliphatic hydroxyl groups is 1. The van der Waals surface area contributed by atoms with Crippen molar-refractivity contribution in [3.05, 3.63) is 0 Å². The highest BCUT2D eigenvalue weighted by Crippen LogP contribution is 2.48. The molecule has 0 aromatic rings. The maximum atomic E-state index is 10.1. The second-order valence-corrected chi connectivity index (χ2v) is 5.46. The molecule has 2 heteroatoms. The molecule has 4 fully saturated rings. The fourth-order valence-corrected chi connectivity index (χ4v) is 4.14. The Morgan fingerprint density at radius 1 is 1.08 bits per heavy atom. The van der Waals surface area contributed by atoms with Crippen molar-refractivity contribution in [2.75, 3.05) is 20.1 Å². The van der Waals surface area contributed by atoms with Gasteiger partial charge in [-0.2, -0.15) is 0 Å². The first kappa shape index (κ1) is 7.34. The number of aliphatic hydroxyl groups excluding tert-OH is 1. The molecule has 0 radical (unpaired) electrons. The van der Waals surface area contributed by atoms with Crippen molar-refractivity contribution in [3.63, 3.8) is 0 Å². The van der Waals surface area contributed by atoms with E-state index in [1.165, 1.54) is 32.4 Å². The van der Waals surface area contributed by atoms with Crippen molar-refractivity contribution in [1.82, 2.24) is 0 Å². The van der Waals surface area contributed by atoms with E-state index in [0.717, 1.165) is 16.3 Å². The van der Waals surface area contributed by atoms with Crippen molar-refractivity contribution >= 4 is 0 Å². The molecule has 0 spiro atoms. The van der Waals surface area contributed by atoms with Gasteiger partial charge < -0.3 is 9.59 Å². The molecule has 68 valence electrons. The van der Waals surface area contributed by atoms with E-state index in [1.54, 1.807) is 0 Å². The third-order valence-electron chi connectivity index (χ3n) is 4.35. The molecule has 1 aliphatic carbocycles. The number of piperidine rings is 3. The van der Waals surface area contributed by atoms with Crippen LogP contribution in [0.1, 0.15) is 19.3 Å². The molecule has 3 saturated heterocycles. The molecule has 12 heavy (non-hydrogen) atoms. The van der Waals surface area contributed by atoms with Crippen LogP contribution < -0.4 is 0 Å². The molecule has 1 N–H and O–H groups in total. The van der Waals surface area contributed by atoms with Crippen LogP contribution in [-0.2, 0) is 0 Å². The minimum absolute atomic E-state index is 0.0298. The molecule has 0 aromatic carbocycles. The number of rotatable bonds is 0. The zero-order valence-corrected chi connectivity index (χ0v) is 7.74. The smallest absolute Gasteiger partial charge is 0.193 e. The number of nitrogens with zero attached hydrogens (tertiary/aromatic N) is 1. The van der Waals surface area contributed by atoms with E-state index in [2.05, 4.69) is 7.05 Å². The Morgan fingerprint density at radius 2 is 1.67 bits per heavy atom.